The predicted molar refractivity (Wildman–Crippen MR) is 99.1 cm³/mol. The summed E-state index contributed by atoms with van der Waals surface area (Å²) in [4.78, 5) is 25.6. The second-order valence-corrected chi connectivity index (χ2v) is 6.90. The van der Waals surface area contributed by atoms with E-state index in [9.17, 15) is 14.0 Å². The molecule has 2 aromatic rings. The SMILES string of the molecule is CCCC(=O)Nc1ccc([C@H]2SCC(=O)N2c2cccc(F)c2)cc1. The molecule has 25 heavy (non-hydrogen) atoms. The zero-order valence-electron chi connectivity index (χ0n) is 13.9. The number of carbonyl (C=O) groups excluding carboxylic acids is 2. The summed E-state index contributed by atoms with van der Waals surface area (Å²) in [6.07, 6.45) is 1.29. The van der Waals surface area contributed by atoms with Crippen molar-refractivity contribution in [2.45, 2.75) is 25.1 Å². The van der Waals surface area contributed by atoms with Gasteiger partial charge in [-0.2, -0.15) is 0 Å². The van der Waals surface area contributed by atoms with Crippen molar-refractivity contribution in [2.75, 3.05) is 16.0 Å². The van der Waals surface area contributed by atoms with Crippen LogP contribution in [0.25, 0.3) is 0 Å². The van der Waals surface area contributed by atoms with E-state index < -0.39 is 0 Å². The summed E-state index contributed by atoms with van der Waals surface area (Å²) in [6, 6.07) is 13.5. The Morgan fingerprint density at radius 2 is 2.04 bits per heavy atom. The molecule has 0 bridgehead atoms. The average Bonchev–Trinajstić information content (AvgIpc) is 2.97. The highest BCUT2D eigenvalue weighted by atomic mass is 32.2. The maximum Gasteiger partial charge on any atom is 0.238 e. The van der Waals surface area contributed by atoms with E-state index in [0.717, 1.165) is 17.7 Å². The van der Waals surface area contributed by atoms with Crippen molar-refractivity contribution >= 4 is 35.0 Å². The molecule has 6 heteroatoms. The lowest BCUT2D eigenvalue weighted by atomic mass is 10.1. The van der Waals surface area contributed by atoms with Crippen LogP contribution in [0.4, 0.5) is 15.8 Å². The molecule has 1 heterocycles. The Morgan fingerprint density at radius 1 is 1.28 bits per heavy atom. The maximum atomic E-state index is 13.5. The Kier molecular flexibility index (Phi) is 5.38. The summed E-state index contributed by atoms with van der Waals surface area (Å²) in [5.74, 6) is -0.0613. The molecule has 1 aliphatic rings. The summed E-state index contributed by atoms with van der Waals surface area (Å²) in [6.45, 7) is 1.96. The zero-order valence-corrected chi connectivity index (χ0v) is 14.7. The number of anilines is 2. The summed E-state index contributed by atoms with van der Waals surface area (Å²) >= 11 is 1.51. The van der Waals surface area contributed by atoms with Gasteiger partial charge in [0.05, 0.1) is 5.75 Å². The summed E-state index contributed by atoms with van der Waals surface area (Å²) in [5, 5.41) is 2.64. The lowest BCUT2D eigenvalue weighted by Crippen LogP contribution is -2.27. The van der Waals surface area contributed by atoms with E-state index in [1.807, 2.05) is 31.2 Å². The van der Waals surface area contributed by atoms with Gasteiger partial charge in [-0.05, 0) is 42.3 Å². The second-order valence-electron chi connectivity index (χ2n) is 5.83. The maximum absolute atomic E-state index is 13.5. The van der Waals surface area contributed by atoms with Crippen molar-refractivity contribution in [3.63, 3.8) is 0 Å². The van der Waals surface area contributed by atoms with Gasteiger partial charge in [0, 0.05) is 17.8 Å². The Balaban J connectivity index is 1.80. The Morgan fingerprint density at radius 3 is 2.72 bits per heavy atom. The van der Waals surface area contributed by atoms with Crippen LogP contribution >= 0.6 is 11.8 Å². The van der Waals surface area contributed by atoms with Crippen molar-refractivity contribution < 1.29 is 14.0 Å². The molecule has 0 unspecified atom stereocenters. The van der Waals surface area contributed by atoms with Crippen molar-refractivity contribution in [3.8, 4) is 0 Å². The fourth-order valence-electron chi connectivity index (χ4n) is 2.76. The van der Waals surface area contributed by atoms with Gasteiger partial charge in [0.2, 0.25) is 11.8 Å². The minimum absolute atomic E-state index is 0.0120. The van der Waals surface area contributed by atoms with Crippen molar-refractivity contribution in [3.05, 3.63) is 59.9 Å². The third-order valence-electron chi connectivity index (χ3n) is 3.91. The summed E-state index contributed by atoms with van der Waals surface area (Å²) in [5.41, 5.74) is 2.22. The van der Waals surface area contributed by atoms with Crippen molar-refractivity contribution in [2.24, 2.45) is 0 Å². The monoisotopic (exact) mass is 358 g/mol. The molecule has 4 nitrogen and oxygen atoms in total. The van der Waals surface area contributed by atoms with Gasteiger partial charge in [0.1, 0.15) is 11.2 Å². The molecular formula is C19H19FN2O2S. The number of thioether (sulfide) groups is 1. The number of amides is 2. The Bertz CT molecular complexity index is 779. The molecule has 0 radical (unpaired) electrons. The smallest absolute Gasteiger partial charge is 0.238 e. The lowest BCUT2D eigenvalue weighted by molar-refractivity contribution is -0.116. The highest BCUT2D eigenvalue weighted by Gasteiger charge is 2.34. The molecule has 0 saturated carbocycles. The predicted octanol–water partition coefficient (Wildman–Crippen LogP) is 4.34. The Labute approximate surface area is 150 Å². The molecule has 1 saturated heterocycles. The van der Waals surface area contributed by atoms with Gasteiger partial charge in [-0.15, -0.1) is 11.8 Å². The second kappa shape index (κ2) is 7.70. The van der Waals surface area contributed by atoms with Crippen LogP contribution < -0.4 is 10.2 Å². The molecule has 130 valence electrons. The van der Waals surface area contributed by atoms with E-state index in [4.69, 9.17) is 0 Å². The molecule has 1 N–H and O–H groups in total. The van der Waals surface area contributed by atoms with Crippen LogP contribution in [0.2, 0.25) is 0 Å². The van der Waals surface area contributed by atoms with Gasteiger partial charge in [0.25, 0.3) is 0 Å². The Hall–Kier alpha value is -2.34. The van der Waals surface area contributed by atoms with E-state index in [0.29, 0.717) is 17.9 Å². The summed E-state index contributed by atoms with van der Waals surface area (Å²) in [7, 11) is 0. The quantitative estimate of drug-likeness (QED) is 0.865. The molecule has 0 aliphatic carbocycles. The molecule has 0 spiro atoms. The molecular weight excluding hydrogens is 339 g/mol. The first-order valence-corrected chi connectivity index (χ1v) is 9.22. The van der Waals surface area contributed by atoms with E-state index >= 15 is 0 Å². The zero-order chi connectivity index (χ0) is 17.8. The topological polar surface area (TPSA) is 49.4 Å². The first-order chi connectivity index (χ1) is 12.1. The molecule has 0 aromatic heterocycles. The van der Waals surface area contributed by atoms with Gasteiger partial charge in [-0.3, -0.25) is 14.5 Å². The molecule has 1 atom stereocenters. The minimum atomic E-state index is -0.366. The number of hydrogen-bond acceptors (Lipinski definition) is 3. The lowest BCUT2D eigenvalue weighted by Gasteiger charge is -2.24. The first-order valence-electron chi connectivity index (χ1n) is 8.17. The number of nitrogens with zero attached hydrogens (tertiary/aromatic N) is 1. The molecule has 3 rings (SSSR count). The van der Waals surface area contributed by atoms with Crippen molar-refractivity contribution in [1.82, 2.24) is 0 Å². The number of carbonyl (C=O) groups is 2. The number of rotatable bonds is 5. The van der Waals surface area contributed by atoms with Crippen LogP contribution in [0.3, 0.4) is 0 Å². The standard InChI is InChI=1S/C19H19FN2O2S/c1-2-4-17(23)21-15-9-7-13(8-10-15)19-22(18(24)12-25-19)16-6-3-5-14(20)11-16/h3,5-11,19H,2,4,12H2,1H3,(H,21,23)/t19-/m1/s1. The fourth-order valence-corrected chi connectivity index (χ4v) is 3.93. The van der Waals surface area contributed by atoms with Gasteiger partial charge in [-0.25, -0.2) is 4.39 Å². The van der Waals surface area contributed by atoms with Gasteiger partial charge >= 0.3 is 0 Å². The van der Waals surface area contributed by atoms with E-state index in [1.54, 1.807) is 17.0 Å². The summed E-state index contributed by atoms with van der Waals surface area (Å²) < 4.78 is 13.5. The normalized spacial score (nSPS) is 17.0. The number of halogens is 1. The van der Waals surface area contributed by atoms with E-state index in [2.05, 4.69) is 5.32 Å². The highest BCUT2D eigenvalue weighted by molar-refractivity contribution is 8.00. The van der Waals surface area contributed by atoms with Gasteiger partial charge in [-0.1, -0.05) is 25.1 Å². The van der Waals surface area contributed by atoms with Crippen LogP contribution in [-0.2, 0) is 9.59 Å². The third kappa shape index (κ3) is 4.02. The molecule has 2 aromatic carbocycles. The number of hydrogen-bond donors (Lipinski definition) is 1. The first kappa shape index (κ1) is 17.5. The molecule has 2 amide bonds. The van der Waals surface area contributed by atoms with Gasteiger partial charge in [0.15, 0.2) is 0 Å². The van der Waals surface area contributed by atoms with Gasteiger partial charge < -0.3 is 5.32 Å². The molecule has 1 aliphatic heterocycles. The molecule has 1 fully saturated rings. The van der Waals surface area contributed by atoms with Crippen LogP contribution in [0, 0.1) is 5.82 Å². The van der Waals surface area contributed by atoms with Crippen LogP contribution in [0.1, 0.15) is 30.7 Å². The largest absolute Gasteiger partial charge is 0.326 e. The number of benzene rings is 2. The van der Waals surface area contributed by atoms with E-state index in [-0.39, 0.29) is 23.0 Å². The number of nitrogens with one attached hydrogen (secondary N) is 1. The highest BCUT2D eigenvalue weighted by Crippen LogP contribution is 2.42. The van der Waals surface area contributed by atoms with E-state index in [1.165, 1.54) is 23.9 Å². The third-order valence-corrected chi connectivity index (χ3v) is 5.12. The fraction of sp³-hybridized carbons (Fsp3) is 0.263. The van der Waals surface area contributed by atoms with Crippen LogP contribution in [-0.4, -0.2) is 17.6 Å². The van der Waals surface area contributed by atoms with Crippen molar-refractivity contribution in [1.29, 1.82) is 0 Å². The van der Waals surface area contributed by atoms with Crippen LogP contribution in [0.5, 0.6) is 0 Å². The minimum Gasteiger partial charge on any atom is -0.326 e. The average molecular weight is 358 g/mol. The van der Waals surface area contributed by atoms with Crippen LogP contribution in [0.15, 0.2) is 48.5 Å².